The predicted octanol–water partition coefficient (Wildman–Crippen LogP) is 1.65. The molecule has 0 aliphatic heterocycles. The molecule has 0 bridgehead atoms. The van der Waals surface area contributed by atoms with E-state index in [2.05, 4.69) is 5.32 Å². The second-order valence-electron chi connectivity index (χ2n) is 5.06. The fourth-order valence-electron chi connectivity index (χ4n) is 1.76. The number of hydrogen-bond donors (Lipinski definition) is 2. The molecule has 0 heterocycles. The zero-order valence-electron chi connectivity index (χ0n) is 12.4. The molecule has 0 aromatic heterocycles. The van der Waals surface area contributed by atoms with E-state index in [4.69, 9.17) is 5.11 Å². The molecule has 6 nitrogen and oxygen atoms in total. The minimum absolute atomic E-state index is 0.00709. The van der Waals surface area contributed by atoms with E-state index < -0.39 is 17.8 Å². The number of nitrogens with one attached hydrogen (secondary N) is 1. The molecule has 0 atom stereocenters. The average Bonchev–Trinajstić information content (AvgIpc) is 2.40. The lowest BCUT2D eigenvalue weighted by Gasteiger charge is -2.25. The Kier molecular flexibility index (Phi) is 5.90. The lowest BCUT2D eigenvalue weighted by atomic mass is 10.2. The summed E-state index contributed by atoms with van der Waals surface area (Å²) < 4.78 is 0. The van der Waals surface area contributed by atoms with Crippen molar-refractivity contribution >= 4 is 23.5 Å². The molecule has 1 aromatic rings. The third kappa shape index (κ3) is 5.25. The van der Waals surface area contributed by atoms with E-state index in [0.717, 1.165) is 5.56 Å². The normalized spacial score (nSPS) is 10.3. The number of carboxylic acids is 1. The van der Waals surface area contributed by atoms with Crippen molar-refractivity contribution in [1.82, 2.24) is 4.90 Å². The zero-order valence-corrected chi connectivity index (χ0v) is 12.4. The summed E-state index contributed by atoms with van der Waals surface area (Å²) in [4.78, 5) is 35.9. The maximum absolute atomic E-state index is 12.1. The van der Waals surface area contributed by atoms with Crippen molar-refractivity contribution in [1.29, 1.82) is 0 Å². The van der Waals surface area contributed by atoms with Crippen LogP contribution in [0.25, 0.3) is 0 Å². The quantitative estimate of drug-likeness (QED) is 0.808. The van der Waals surface area contributed by atoms with Crippen LogP contribution >= 0.6 is 0 Å². The summed E-state index contributed by atoms with van der Waals surface area (Å²) in [6.45, 7) is 5.40. The highest BCUT2D eigenvalue weighted by Crippen LogP contribution is 2.09. The molecule has 114 valence electrons. The Bertz CT molecular complexity index is 523. The van der Waals surface area contributed by atoms with Crippen LogP contribution in [0.1, 0.15) is 25.8 Å². The number of benzene rings is 1. The maximum atomic E-state index is 12.1. The van der Waals surface area contributed by atoms with Crippen LogP contribution in [0, 0.1) is 6.92 Å². The highest BCUT2D eigenvalue weighted by Gasteiger charge is 2.24. The number of amides is 2. The van der Waals surface area contributed by atoms with Crippen LogP contribution < -0.4 is 5.32 Å². The first kappa shape index (κ1) is 16.7. The third-order valence-corrected chi connectivity index (χ3v) is 2.95. The Morgan fingerprint density at radius 3 is 2.24 bits per heavy atom. The molecule has 2 amide bonds. The molecular weight excluding hydrogens is 272 g/mol. The molecule has 1 aromatic carbocycles. The lowest BCUT2D eigenvalue weighted by molar-refractivity contribution is -0.145. The van der Waals surface area contributed by atoms with Gasteiger partial charge in [-0.3, -0.25) is 14.4 Å². The number of aliphatic carboxylic acids is 1. The fourth-order valence-corrected chi connectivity index (χ4v) is 1.76. The van der Waals surface area contributed by atoms with E-state index in [-0.39, 0.29) is 19.0 Å². The average molecular weight is 292 g/mol. The van der Waals surface area contributed by atoms with Crippen LogP contribution in [0.15, 0.2) is 24.3 Å². The van der Waals surface area contributed by atoms with Gasteiger partial charge in [-0.05, 0) is 32.9 Å². The molecule has 0 radical (unpaired) electrons. The van der Waals surface area contributed by atoms with Crippen molar-refractivity contribution in [3.63, 3.8) is 0 Å². The van der Waals surface area contributed by atoms with Crippen molar-refractivity contribution in [2.24, 2.45) is 0 Å². The molecule has 1 rings (SSSR count). The van der Waals surface area contributed by atoms with Crippen LogP contribution in [-0.2, 0) is 14.4 Å². The zero-order chi connectivity index (χ0) is 16.0. The van der Waals surface area contributed by atoms with Crippen molar-refractivity contribution in [3.8, 4) is 0 Å². The Morgan fingerprint density at radius 1 is 1.19 bits per heavy atom. The molecular formula is C15H20N2O4. The number of hydrogen-bond acceptors (Lipinski definition) is 3. The van der Waals surface area contributed by atoms with E-state index in [9.17, 15) is 14.4 Å². The minimum atomic E-state index is -1.01. The first-order valence-electron chi connectivity index (χ1n) is 6.71. The number of anilines is 1. The standard InChI is InChI=1S/C15H20N2O4/c1-10(2)17(9-8-13(18)19)15(21)14(20)16-12-6-4-11(3)5-7-12/h4-7,10H,8-9H2,1-3H3,(H,16,20)(H,18,19). The number of aryl methyl sites for hydroxylation is 1. The number of rotatable bonds is 5. The van der Waals surface area contributed by atoms with Gasteiger partial charge in [-0.25, -0.2) is 0 Å². The van der Waals surface area contributed by atoms with E-state index in [0.29, 0.717) is 5.69 Å². The molecule has 0 aliphatic carbocycles. The van der Waals surface area contributed by atoms with Crippen molar-refractivity contribution in [2.45, 2.75) is 33.2 Å². The SMILES string of the molecule is Cc1ccc(NC(=O)C(=O)N(CCC(=O)O)C(C)C)cc1. The molecule has 0 saturated heterocycles. The third-order valence-electron chi connectivity index (χ3n) is 2.95. The van der Waals surface area contributed by atoms with E-state index >= 15 is 0 Å². The summed E-state index contributed by atoms with van der Waals surface area (Å²) in [5.74, 6) is -2.50. The summed E-state index contributed by atoms with van der Waals surface area (Å²) in [5, 5.41) is 11.2. The molecule has 21 heavy (non-hydrogen) atoms. The Hall–Kier alpha value is -2.37. The molecule has 0 unspecified atom stereocenters. The molecule has 0 spiro atoms. The largest absolute Gasteiger partial charge is 0.481 e. The minimum Gasteiger partial charge on any atom is -0.481 e. The monoisotopic (exact) mass is 292 g/mol. The number of carbonyl (C=O) groups is 3. The number of nitrogens with zero attached hydrogens (tertiary/aromatic N) is 1. The Morgan fingerprint density at radius 2 is 1.76 bits per heavy atom. The van der Waals surface area contributed by atoms with Crippen LogP contribution in [-0.4, -0.2) is 40.4 Å². The first-order valence-corrected chi connectivity index (χ1v) is 6.71. The van der Waals surface area contributed by atoms with Crippen molar-refractivity contribution in [3.05, 3.63) is 29.8 Å². The van der Waals surface area contributed by atoms with Crippen molar-refractivity contribution < 1.29 is 19.5 Å². The Balaban J connectivity index is 2.71. The molecule has 6 heteroatoms. The predicted molar refractivity (Wildman–Crippen MR) is 78.9 cm³/mol. The summed E-state index contributed by atoms with van der Waals surface area (Å²) >= 11 is 0. The van der Waals surface area contributed by atoms with Gasteiger partial charge in [0.25, 0.3) is 0 Å². The molecule has 0 fully saturated rings. The number of carboxylic acid groups (broad SMARTS) is 1. The van der Waals surface area contributed by atoms with Crippen LogP contribution in [0.5, 0.6) is 0 Å². The molecule has 0 saturated carbocycles. The highest BCUT2D eigenvalue weighted by atomic mass is 16.4. The van der Waals surface area contributed by atoms with Gasteiger partial charge < -0.3 is 15.3 Å². The van der Waals surface area contributed by atoms with E-state index in [1.54, 1.807) is 26.0 Å². The van der Waals surface area contributed by atoms with Gasteiger partial charge in [0.15, 0.2) is 0 Å². The molecule has 0 aliphatic rings. The van der Waals surface area contributed by atoms with Crippen LogP contribution in [0.2, 0.25) is 0 Å². The van der Waals surface area contributed by atoms with E-state index in [1.807, 2.05) is 19.1 Å². The maximum Gasteiger partial charge on any atom is 0.313 e. The highest BCUT2D eigenvalue weighted by molar-refractivity contribution is 6.39. The summed E-state index contributed by atoms with van der Waals surface area (Å²) in [6.07, 6.45) is -0.193. The number of carbonyl (C=O) groups excluding carboxylic acids is 2. The van der Waals surface area contributed by atoms with Gasteiger partial charge in [-0.1, -0.05) is 17.7 Å². The van der Waals surface area contributed by atoms with E-state index in [1.165, 1.54) is 4.90 Å². The topological polar surface area (TPSA) is 86.7 Å². The second kappa shape index (κ2) is 7.42. The van der Waals surface area contributed by atoms with Gasteiger partial charge in [-0.15, -0.1) is 0 Å². The van der Waals surface area contributed by atoms with Gasteiger partial charge >= 0.3 is 17.8 Å². The first-order chi connectivity index (χ1) is 9.81. The Labute approximate surface area is 123 Å². The summed E-state index contributed by atoms with van der Waals surface area (Å²) in [5.41, 5.74) is 1.57. The van der Waals surface area contributed by atoms with Crippen molar-refractivity contribution in [2.75, 3.05) is 11.9 Å². The lowest BCUT2D eigenvalue weighted by Crippen LogP contribution is -2.44. The fraction of sp³-hybridized carbons (Fsp3) is 0.400. The van der Waals surface area contributed by atoms with Gasteiger partial charge in [0.2, 0.25) is 0 Å². The second-order valence-corrected chi connectivity index (χ2v) is 5.06. The summed E-state index contributed by atoms with van der Waals surface area (Å²) in [7, 11) is 0. The summed E-state index contributed by atoms with van der Waals surface area (Å²) in [6, 6.07) is 6.81. The molecule has 2 N–H and O–H groups in total. The van der Waals surface area contributed by atoms with Crippen LogP contribution in [0.3, 0.4) is 0 Å². The van der Waals surface area contributed by atoms with Gasteiger partial charge in [0.05, 0.1) is 6.42 Å². The van der Waals surface area contributed by atoms with Crippen LogP contribution in [0.4, 0.5) is 5.69 Å². The van der Waals surface area contributed by atoms with Gasteiger partial charge in [-0.2, -0.15) is 0 Å². The van der Waals surface area contributed by atoms with Gasteiger partial charge in [0.1, 0.15) is 0 Å². The smallest absolute Gasteiger partial charge is 0.313 e. The van der Waals surface area contributed by atoms with Gasteiger partial charge in [0, 0.05) is 18.3 Å².